The molecule has 0 heterocycles. The average molecular weight is 424 g/mol. The van der Waals surface area contributed by atoms with Crippen molar-refractivity contribution in [1.82, 2.24) is 0 Å². The standard InChI is InChI=1S/C31H23Si/c1-2-23-32(24-21-26-13-17-30(18-14-26)28-9-5-3-6-10-28)25-22-27-15-19-31(20-16-27)29-11-7-4-8-12-29/h2-20,23H,1H3. The van der Waals surface area contributed by atoms with Gasteiger partial charge >= 0.3 is 0 Å². The lowest BCUT2D eigenvalue weighted by Crippen LogP contribution is -2.03. The largest absolute Gasteiger partial charge is 0.260 e. The second-order valence-electron chi connectivity index (χ2n) is 7.30. The molecule has 0 atom stereocenters. The minimum atomic E-state index is -1.22. The van der Waals surface area contributed by atoms with Crippen molar-refractivity contribution < 1.29 is 0 Å². The van der Waals surface area contributed by atoms with Crippen LogP contribution in [-0.2, 0) is 0 Å². The lowest BCUT2D eigenvalue weighted by Gasteiger charge is -2.01. The Morgan fingerprint density at radius 2 is 0.875 bits per heavy atom. The zero-order chi connectivity index (χ0) is 22.0. The van der Waals surface area contributed by atoms with Crippen LogP contribution in [0.2, 0.25) is 0 Å². The Morgan fingerprint density at radius 3 is 1.25 bits per heavy atom. The zero-order valence-electron chi connectivity index (χ0n) is 18.0. The summed E-state index contributed by atoms with van der Waals surface area (Å²) in [5.41, 5.74) is 15.8. The third-order valence-corrected chi connectivity index (χ3v) is 6.46. The van der Waals surface area contributed by atoms with E-state index in [0.29, 0.717) is 0 Å². The van der Waals surface area contributed by atoms with Crippen LogP contribution < -0.4 is 0 Å². The summed E-state index contributed by atoms with van der Waals surface area (Å²) in [4.78, 5) is 0. The fourth-order valence-electron chi connectivity index (χ4n) is 3.31. The molecule has 0 saturated heterocycles. The van der Waals surface area contributed by atoms with Gasteiger partial charge in [0.25, 0.3) is 8.80 Å². The van der Waals surface area contributed by atoms with Crippen molar-refractivity contribution in [2.45, 2.75) is 6.92 Å². The summed E-state index contributed by atoms with van der Waals surface area (Å²) in [5, 5.41) is 0. The van der Waals surface area contributed by atoms with Gasteiger partial charge in [-0.2, -0.15) is 0 Å². The summed E-state index contributed by atoms with van der Waals surface area (Å²) in [6, 6.07) is 37.6. The third-order valence-electron chi connectivity index (χ3n) is 5.00. The maximum Gasteiger partial charge on any atom is 0.260 e. The van der Waals surface area contributed by atoms with Crippen molar-refractivity contribution in [3.63, 3.8) is 0 Å². The molecule has 0 fully saturated rings. The fraction of sp³-hybridized carbons (Fsp3) is 0.0323. The third kappa shape index (κ3) is 5.76. The van der Waals surface area contributed by atoms with Crippen LogP contribution in [0.4, 0.5) is 0 Å². The van der Waals surface area contributed by atoms with E-state index in [0.717, 1.165) is 11.1 Å². The monoisotopic (exact) mass is 423 g/mol. The molecule has 0 aliphatic carbocycles. The molecule has 0 spiro atoms. The van der Waals surface area contributed by atoms with Crippen LogP contribution >= 0.6 is 0 Å². The van der Waals surface area contributed by atoms with Crippen molar-refractivity contribution in [1.29, 1.82) is 0 Å². The van der Waals surface area contributed by atoms with Gasteiger partial charge in [0.15, 0.2) is 0 Å². The molecule has 0 unspecified atom stereocenters. The second-order valence-corrected chi connectivity index (χ2v) is 8.96. The van der Waals surface area contributed by atoms with Crippen LogP contribution in [0.3, 0.4) is 0 Å². The highest BCUT2D eigenvalue weighted by Crippen LogP contribution is 2.20. The topological polar surface area (TPSA) is 0 Å². The van der Waals surface area contributed by atoms with E-state index >= 15 is 0 Å². The molecule has 0 aliphatic heterocycles. The molecule has 1 heteroatoms. The van der Waals surface area contributed by atoms with Gasteiger partial charge in [-0.15, -0.1) is 11.1 Å². The molecule has 151 valence electrons. The highest BCUT2D eigenvalue weighted by atomic mass is 28.3. The Labute approximate surface area is 192 Å². The zero-order valence-corrected chi connectivity index (χ0v) is 19.0. The van der Waals surface area contributed by atoms with Crippen molar-refractivity contribution in [3.8, 4) is 45.2 Å². The van der Waals surface area contributed by atoms with Gasteiger partial charge in [-0.05, 0) is 53.4 Å². The molecule has 0 aromatic heterocycles. The van der Waals surface area contributed by atoms with Crippen molar-refractivity contribution in [2.75, 3.05) is 0 Å². The predicted molar refractivity (Wildman–Crippen MR) is 138 cm³/mol. The number of hydrogen-bond donors (Lipinski definition) is 0. The number of allylic oxidation sites excluding steroid dienone is 1. The van der Waals surface area contributed by atoms with E-state index in [1.807, 2.05) is 19.1 Å². The van der Waals surface area contributed by atoms with Gasteiger partial charge in [0.05, 0.1) is 0 Å². The van der Waals surface area contributed by atoms with E-state index in [1.54, 1.807) is 0 Å². The van der Waals surface area contributed by atoms with Gasteiger partial charge in [0.2, 0.25) is 0 Å². The molecule has 4 rings (SSSR count). The van der Waals surface area contributed by atoms with Crippen molar-refractivity contribution in [2.24, 2.45) is 0 Å². The molecule has 0 aliphatic rings. The molecule has 4 aromatic rings. The molecular formula is C31H23Si. The number of benzene rings is 4. The lowest BCUT2D eigenvalue weighted by atomic mass is 10.0. The summed E-state index contributed by atoms with van der Waals surface area (Å²) in [7, 11) is -1.22. The van der Waals surface area contributed by atoms with Crippen LogP contribution in [-0.4, -0.2) is 8.80 Å². The van der Waals surface area contributed by atoms with Crippen LogP contribution in [0.25, 0.3) is 22.3 Å². The summed E-state index contributed by atoms with van der Waals surface area (Å²) >= 11 is 0. The van der Waals surface area contributed by atoms with Gasteiger partial charge in [0, 0.05) is 11.1 Å². The minimum Gasteiger partial charge on any atom is -0.106 e. The fourth-order valence-corrected chi connectivity index (χ4v) is 4.43. The van der Waals surface area contributed by atoms with Crippen LogP contribution in [0, 0.1) is 22.9 Å². The summed E-state index contributed by atoms with van der Waals surface area (Å²) < 4.78 is 0. The van der Waals surface area contributed by atoms with Crippen LogP contribution in [0.1, 0.15) is 18.1 Å². The number of hydrogen-bond acceptors (Lipinski definition) is 0. The molecule has 0 N–H and O–H groups in total. The molecule has 0 amide bonds. The Hall–Kier alpha value is -4.04. The van der Waals surface area contributed by atoms with E-state index in [9.17, 15) is 0 Å². The Balaban J connectivity index is 1.48. The minimum absolute atomic E-state index is 1.02. The highest BCUT2D eigenvalue weighted by molar-refractivity contribution is 6.80. The first-order chi connectivity index (χ1) is 15.8. The molecule has 1 radical (unpaired) electrons. The average Bonchev–Trinajstić information content (AvgIpc) is 2.87. The van der Waals surface area contributed by atoms with E-state index in [-0.39, 0.29) is 0 Å². The molecule has 0 saturated carbocycles. The number of rotatable bonds is 3. The molecule has 32 heavy (non-hydrogen) atoms. The van der Waals surface area contributed by atoms with Crippen LogP contribution in [0.15, 0.2) is 121 Å². The molecule has 4 aromatic carbocycles. The van der Waals surface area contributed by atoms with Crippen molar-refractivity contribution >= 4 is 8.80 Å². The first-order valence-electron chi connectivity index (χ1n) is 10.7. The van der Waals surface area contributed by atoms with Gasteiger partial charge in [-0.3, -0.25) is 0 Å². The summed E-state index contributed by atoms with van der Waals surface area (Å²) in [6.45, 7) is 2.03. The summed E-state index contributed by atoms with van der Waals surface area (Å²) in [6.07, 6.45) is 2.05. The van der Waals surface area contributed by atoms with Crippen molar-refractivity contribution in [3.05, 3.63) is 132 Å². The quantitative estimate of drug-likeness (QED) is 0.243. The normalized spacial score (nSPS) is 10.3. The predicted octanol–water partition coefficient (Wildman–Crippen LogP) is 7.11. The SMILES string of the molecule is CC=C[Si](C#Cc1ccc(-c2ccccc2)cc1)C#Cc1ccc(-c2ccccc2)cc1. The van der Waals surface area contributed by atoms with E-state index < -0.39 is 8.80 Å². The first kappa shape index (κ1) is 21.2. The maximum atomic E-state index is 3.40. The van der Waals surface area contributed by atoms with E-state index in [1.165, 1.54) is 22.3 Å². The smallest absolute Gasteiger partial charge is 0.106 e. The summed E-state index contributed by atoms with van der Waals surface area (Å²) in [5.74, 6) is 6.63. The van der Waals surface area contributed by atoms with Gasteiger partial charge in [0.1, 0.15) is 0 Å². The second kappa shape index (κ2) is 10.8. The molecular weight excluding hydrogens is 400 g/mol. The maximum absolute atomic E-state index is 3.40. The molecule has 0 bridgehead atoms. The van der Waals surface area contributed by atoms with Gasteiger partial charge in [-0.1, -0.05) is 109 Å². The van der Waals surface area contributed by atoms with Crippen LogP contribution in [0.5, 0.6) is 0 Å². The van der Waals surface area contributed by atoms with Gasteiger partial charge < -0.3 is 0 Å². The highest BCUT2D eigenvalue weighted by Gasteiger charge is 2.00. The van der Waals surface area contributed by atoms with E-state index in [4.69, 9.17) is 0 Å². The Morgan fingerprint density at radius 1 is 0.500 bits per heavy atom. The Bertz CT molecular complexity index is 1190. The lowest BCUT2D eigenvalue weighted by molar-refractivity contribution is 1.59. The molecule has 0 nitrogen and oxygen atoms in total. The first-order valence-corrected chi connectivity index (χ1v) is 12.2. The van der Waals surface area contributed by atoms with Gasteiger partial charge in [-0.25, -0.2) is 0 Å². The Kier molecular flexibility index (Phi) is 7.17. The van der Waals surface area contributed by atoms with E-state index in [2.05, 4.69) is 132 Å².